The van der Waals surface area contributed by atoms with E-state index in [1.165, 1.54) is 12.1 Å². The summed E-state index contributed by atoms with van der Waals surface area (Å²) >= 11 is 0. The van der Waals surface area contributed by atoms with Gasteiger partial charge in [0.25, 0.3) is 0 Å². The van der Waals surface area contributed by atoms with Crippen LogP contribution in [0.5, 0.6) is 5.75 Å². The fourth-order valence-corrected chi connectivity index (χ4v) is 3.22. The van der Waals surface area contributed by atoms with Crippen LogP contribution >= 0.6 is 0 Å². The van der Waals surface area contributed by atoms with Gasteiger partial charge in [-0.25, -0.2) is 9.18 Å². The second kappa shape index (κ2) is 8.61. The van der Waals surface area contributed by atoms with Crippen LogP contribution < -0.4 is 15.4 Å². The molecule has 1 aromatic heterocycles. The molecule has 3 aromatic rings. The lowest BCUT2D eigenvalue weighted by Gasteiger charge is -2.14. The van der Waals surface area contributed by atoms with Gasteiger partial charge in [-0.1, -0.05) is 24.3 Å². The third-order valence-electron chi connectivity index (χ3n) is 4.67. The molecule has 0 spiro atoms. The number of aromatic nitrogens is 1. The maximum Gasteiger partial charge on any atom is 0.315 e. The van der Waals surface area contributed by atoms with Crippen molar-refractivity contribution in [2.75, 3.05) is 7.11 Å². The molecule has 2 N–H and O–H groups in total. The topological polar surface area (TPSA) is 55.3 Å². The number of nitrogens with zero attached hydrogens (tertiary/aromatic N) is 1. The van der Waals surface area contributed by atoms with Crippen LogP contribution in [0.2, 0.25) is 0 Å². The van der Waals surface area contributed by atoms with Crippen molar-refractivity contribution in [3.8, 4) is 11.4 Å². The number of para-hydroxylation sites is 2. The van der Waals surface area contributed by atoms with Gasteiger partial charge in [0.1, 0.15) is 11.6 Å². The van der Waals surface area contributed by atoms with Gasteiger partial charge >= 0.3 is 6.03 Å². The van der Waals surface area contributed by atoms with Crippen molar-refractivity contribution in [1.82, 2.24) is 15.2 Å². The lowest BCUT2D eigenvalue weighted by Crippen LogP contribution is -2.34. The number of nitrogens with one attached hydrogen (secondary N) is 2. The van der Waals surface area contributed by atoms with Crippen molar-refractivity contribution in [2.45, 2.75) is 26.9 Å². The summed E-state index contributed by atoms with van der Waals surface area (Å²) in [7, 11) is 1.65. The Balaban J connectivity index is 1.65. The minimum atomic E-state index is -0.293. The molecule has 6 heteroatoms. The number of benzene rings is 2. The van der Waals surface area contributed by atoms with E-state index in [0.29, 0.717) is 13.1 Å². The normalized spacial score (nSPS) is 10.6. The Kier molecular flexibility index (Phi) is 5.99. The predicted octanol–water partition coefficient (Wildman–Crippen LogP) is 4.24. The zero-order valence-corrected chi connectivity index (χ0v) is 16.3. The van der Waals surface area contributed by atoms with Gasteiger partial charge in [0.15, 0.2) is 0 Å². The van der Waals surface area contributed by atoms with Crippen LogP contribution in [0.25, 0.3) is 5.69 Å². The molecule has 3 rings (SSSR count). The van der Waals surface area contributed by atoms with Gasteiger partial charge in [-0.3, -0.25) is 0 Å². The smallest absolute Gasteiger partial charge is 0.315 e. The molecular weight excluding hydrogens is 357 g/mol. The molecule has 0 aliphatic carbocycles. The molecule has 0 atom stereocenters. The zero-order valence-electron chi connectivity index (χ0n) is 16.3. The van der Waals surface area contributed by atoms with Crippen LogP contribution in [0.1, 0.15) is 22.5 Å². The lowest BCUT2D eigenvalue weighted by atomic mass is 10.2. The largest absolute Gasteiger partial charge is 0.495 e. The van der Waals surface area contributed by atoms with E-state index in [1.807, 2.05) is 38.1 Å². The Morgan fingerprint density at radius 1 is 1.04 bits per heavy atom. The molecule has 0 saturated heterocycles. The molecule has 0 unspecified atom stereocenters. The van der Waals surface area contributed by atoms with Crippen molar-refractivity contribution in [2.24, 2.45) is 0 Å². The Bertz CT molecular complexity index is 964. The first kappa shape index (κ1) is 19.5. The fourth-order valence-electron chi connectivity index (χ4n) is 3.22. The van der Waals surface area contributed by atoms with E-state index in [0.717, 1.165) is 34.0 Å². The molecule has 28 heavy (non-hydrogen) atoms. The highest BCUT2D eigenvalue weighted by Gasteiger charge is 2.14. The number of amides is 2. The van der Waals surface area contributed by atoms with Crippen molar-refractivity contribution < 1.29 is 13.9 Å². The number of carbonyl (C=O) groups excluding carboxylic acids is 1. The van der Waals surface area contributed by atoms with E-state index in [-0.39, 0.29) is 11.8 Å². The maximum absolute atomic E-state index is 12.9. The van der Waals surface area contributed by atoms with Crippen molar-refractivity contribution in [1.29, 1.82) is 0 Å². The minimum Gasteiger partial charge on any atom is -0.495 e. The number of hydrogen-bond acceptors (Lipinski definition) is 2. The number of rotatable bonds is 6. The molecule has 0 aliphatic heterocycles. The highest BCUT2D eigenvalue weighted by molar-refractivity contribution is 5.73. The van der Waals surface area contributed by atoms with Crippen LogP contribution in [0.15, 0.2) is 54.6 Å². The molecule has 1 heterocycles. The van der Waals surface area contributed by atoms with Gasteiger partial charge in [-0.15, -0.1) is 0 Å². The number of ether oxygens (including phenoxy) is 1. The van der Waals surface area contributed by atoms with Crippen LogP contribution in [0.4, 0.5) is 9.18 Å². The third kappa shape index (κ3) is 4.34. The Morgan fingerprint density at radius 2 is 1.71 bits per heavy atom. The van der Waals surface area contributed by atoms with Crippen molar-refractivity contribution in [3.05, 3.63) is 82.9 Å². The summed E-state index contributed by atoms with van der Waals surface area (Å²) < 4.78 is 20.5. The van der Waals surface area contributed by atoms with Crippen LogP contribution in [0.3, 0.4) is 0 Å². The van der Waals surface area contributed by atoms with Crippen LogP contribution in [0, 0.1) is 19.7 Å². The number of hydrogen-bond donors (Lipinski definition) is 2. The van der Waals surface area contributed by atoms with Crippen molar-refractivity contribution in [3.63, 3.8) is 0 Å². The predicted molar refractivity (Wildman–Crippen MR) is 107 cm³/mol. The summed E-state index contributed by atoms with van der Waals surface area (Å²) in [5.41, 5.74) is 4.93. The molecule has 146 valence electrons. The lowest BCUT2D eigenvalue weighted by molar-refractivity contribution is 0.240. The number of urea groups is 1. The van der Waals surface area contributed by atoms with Crippen LogP contribution in [-0.2, 0) is 13.1 Å². The standard InChI is InChI=1S/C22H24FN3O2/c1-15-12-18(16(2)26(15)20-6-4-5-7-21(20)28-3)14-25-22(27)24-13-17-8-10-19(23)11-9-17/h4-12H,13-14H2,1-3H3,(H2,24,25,27). The molecular formula is C22H24FN3O2. The molecule has 2 amide bonds. The second-order valence-electron chi connectivity index (χ2n) is 6.57. The molecule has 5 nitrogen and oxygen atoms in total. The Morgan fingerprint density at radius 3 is 2.43 bits per heavy atom. The SMILES string of the molecule is COc1ccccc1-n1c(C)cc(CNC(=O)NCc2ccc(F)cc2)c1C. The van der Waals surface area contributed by atoms with E-state index in [4.69, 9.17) is 4.74 Å². The summed E-state index contributed by atoms with van der Waals surface area (Å²) in [5.74, 6) is 0.499. The minimum absolute atomic E-state index is 0.272. The fraction of sp³-hybridized carbons (Fsp3) is 0.227. The molecule has 0 saturated carbocycles. The summed E-state index contributed by atoms with van der Waals surface area (Å²) in [6.07, 6.45) is 0. The average Bonchev–Trinajstić information content (AvgIpc) is 2.99. The summed E-state index contributed by atoms with van der Waals surface area (Å²) in [4.78, 5) is 12.1. The Labute approximate surface area is 164 Å². The van der Waals surface area contributed by atoms with E-state index < -0.39 is 0 Å². The first-order chi connectivity index (χ1) is 13.5. The Hall–Kier alpha value is -3.28. The first-order valence-electron chi connectivity index (χ1n) is 9.07. The van der Waals surface area contributed by atoms with E-state index >= 15 is 0 Å². The first-order valence-corrected chi connectivity index (χ1v) is 9.07. The molecule has 2 aromatic carbocycles. The molecule has 0 bridgehead atoms. The monoisotopic (exact) mass is 381 g/mol. The highest BCUT2D eigenvalue weighted by atomic mass is 19.1. The summed E-state index contributed by atoms with van der Waals surface area (Å²) in [5, 5.41) is 5.65. The summed E-state index contributed by atoms with van der Waals surface area (Å²) in [6.45, 7) is 4.79. The number of methoxy groups -OCH3 is 1. The van der Waals surface area contributed by atoms with Crippen molar-refractivity contribution >= 4 is 6.03 Å². The number of carbonyl (C=O) groups is 1. The number of halogens is 1. The molecule has 0 fully saturated rings. The van der Waals surface area contributed by atoms with Gasteiger partial charge in [-0.05, 0) is 55.3 Å². The second-order valence-corrected chi connectivity index (χ2v) is 6.57. The van der Waals surface area contributed by atoms with E-state index in [9.17, 15) is 9.18 Å². The quantitative estimate of drug-likeness (QED) is 0.671. The average molecular weight is 381 g/mol. The zero-order chi connectivity index (χ0) is 20.1. The van der Waals surface area contributed by atoms with Gasteiger partial charge in [0, 0.05) is 24.5 Å². The molecule has 0 aliphatic rings. The van der Waals surface area contributed by atoms with Gasteiger partial charge < -0.3 is 19.9 Å². The maximum atomic E-state index is 12.9. The summed E-state index contributed by atoms with van der Waals surface area (Å²) in [6, 6.07) is 15.7. The van der Waals surface area contributed by atoms with E-state index in [1.54, 1.807) is 19.2 Å². The number of aryl methyl sites for hydroxylation is 1. The van der Waals surface area contributed by atoms with Gasteiger partial charge in [0.05, 0.1) is 12.8 Å². The van der Waals surface area contributed by atoms with Gasteiger partial charge in [0.2, 0.25) is 0 Å². The third-order valence-corrected chi connectivity index (χ3v) is 4.67. The van der Waals surface area contributed by atoms with Crippen LogP contribution in [-0.4, -0.2) is 17.7 Å². The molecule has 0 radical (unpaired) electrons. The highest BCUT2D eigenvalue weighted by Crippen LogP contribution is 2.27. The van der Waals surface area contributed by atoms with Gasteiger partial charge in [-0.2, -0.15) is 0 Å². The van der Waals surface area contributed by atoms with E-state index in [2.05, 4.69) is 21.3 Å².